The van der Waals surface area contributed by atoms with E-state index in [1.165, 1.54) is 19.3 Å². The van der Waals surface area contributed by atoms with Gasteiger partial charge in [0.2, 0.25) is 0 Å². The molecule has 1 N–H and O–H groups in total. The molecule has 0 saturated heterocycles. The van der Waals surface area contributed by atoms with Crippen LogP contribution in [0.15, 0.2) is 12.1 Å². The molecule has 1 saturated carbocycles. The van der Waals surface area contributed by atoms with Gasteiger partial charge >= 0.3 is 0 Å². The number of halogens is 3. The molecule has 6 heteroatoms. The highest BCUT2D eigenvalue weighted by Crippen LogP contribution is 2.21. The second kappa shape index (κ2) is 8.44. The Balaban J connectivity index is 1.70. The SMILES string of the molecule is O=C(NCCCOC1CCCCC1)c1cc(F)c(F)cc1Cl. The summed E-state index contributed by atoms with van der Waals surface area (Å²) in [5, 5.41) is 2.53. The smallest absolute Gasteiger partial charge is 0.252 e. The van der Waals surface area contributed by atoms with Crippen molar-refractivity contribution in [1.29, 1.82) is 0 Å². The van der Waals surface area contributed by atoms with Crippen molar-refractivity contribution >= 4 is 17.5 Å². The summed E-state index contributed by atoms with van der Waals surface area (Å²) in [6.07, 6.45) is 6.94. The molecular weight excluding hydrogens is 312 g/mol. The standard InChI is InChI=1S/C16H20ClF2NO2/c17-13-10-15(19)14(18)9-12(13)16(21)20-7-4-8-22-11-5-2-1-3-6-11/h9-11H,1-8H2,(H,20,21). The summed E-state index contributed by atoms with van der Waals surface area (Å²) in [7, 11) is 0. The van der Waals surface area contributed by atoms with Gasteiger partial charge in [-0.05, 0) is 31.4 Å². The zero-order chi connectivity index (χ0) is 15.9. The monoisotopic (exact) mass is 331 g/mol. The van der Waals surface area contributed by atoms with Gasteiger partial charge in [-0.2, -0.15) is 0 Å². The molecule has 0 bridgehead atoms. The van der Waals surface area contributed by atoms with Crippen LogP contribution in [0, 0.1) is 11.6 Å². The van der Waals surface area contributed by atoms with E-state index in [4.69, 9.17) is 16.3 Å². The average Bonchev–Trinajstić information content (AvgIpc) is 2.51. The van der Waals surface area contributed by atoms with E-state index in [2.05, 4.69) is 5.32 Å². The molecular formula is C16H20ClF2NO2. The van der Waals surface area contributed by atoms with Gasteiger partial charge in [-0.15, -0.1) is 0 Å². The summed E-state index contributed by atoms with van der Waals surface area (Å²) >= 11 is 5.75. The summed E-state index contributed by atoms with van der Waals surface area (Å²) in [5.41, 5.74) is -0.0613. The highest BCUT2D eigenvalue weighted by molar-refractivity contribution is 6.33. The number of hydrogen-bond acceptors (Lipinski definition) is 2. The molecule has 0 aliphatic heterocycles. The molecule has 122 valence electrons. The summed E-state index contributed by atoms with van der Waals surface area (Å²) in [6.45, 7) is 0.983. The van der Waals surface area contributed by atoms with E-state index in [0.29, 0.717) is 25.7 Å². The maximum Gasteiger partial charge on any atom is 0.252 e. The third-order valence-corrected chi connectivity index (χ3v) is 4.08. The minimum absolute atomic E-state index is 0.0613. The first kappa shape index (κ1) is 17.2. The number of hydrogen-bond donors (Lipinski definition) is 1. The van der Waals surface area contributed by atoms with Crippen LogP contribution in [-0.4, -0.2) is 25.2 Å². The molecule has 0 spiro atoms. The molecule has 1 fully saturated rings. The average molecular weight is 332 g/mol. The first-order valence-corrected chi connectivity index (χ1v) is 8.00. The molecule has 22 heavy (non-hydrogen) atoms. The van der Waals surface area contributed by atoms with Crippen molar-refractivity contribution < 1.29 is 18.3 Å². The highest BCUT2D eigenvalue weighted by Gasteiger charge is 2.15. The van der Waals surface area contributed by atoms with Gasteiger partial charge in [-0.1, -0.05) is 30.9 Å². The Labute approximate surface area is 134 Å². The Bertz CT molecular complexity index is 519. The minimum atomic E-state index is -1.09. The summed E-state index contributed by atoms with van der Waals surface area (Å²) in [6, 6.07) is 1.61. The Morgan fingerprint density at radius 3 is 2.64 bits per heavy atom. The van der Waals surface area contributed by atoms with E-state index in [9.17, 15) is 13.6 Å². The quantitative estimate of drug-likeness (QED) is 0.630. The fourth-order valence-corrected chi connectivity index (χ4v) is 2.78. The molecule has 1 amide bonds. The highest BCUT2D eigenvalue weighted by atomic mass is 35.5. The molecule has 0 aromatic heterocycles. The molecule has 0 heterocycles. The Kier molecular flexibility index (Phi) is 6.58. The van der Waals surface area contributed by atoms with E-state index < -0.39 is 17.5 Å². The maximum absolute atomic E-state index is 13.1. The number of ether oxygens (including phenoxy) is 1. The first-order valence-electron chi connectivity index (χ1n) is 7.62. The second-order valence-corrected chi connectivity index (χ2v) is 5.89. The number of nitrogens with one attached hydrogen (secondary N) is 1. The molecule has 1 aromatic carbocycles. The molecule has 1 aliphatic carbocycles. The van der Waals surface area contributed by atoms with Crippen LogP contribution in [-0.2, 0) is 4.74 Å². The van der Waals surface area contributed by atoms with Gasteiger partial charge in [0.25, 0.3) is 5.91 Å². The van der Waals surface area contributed by atoms with Gasteiger partial charge in [0.05, 0.1) is 16.7 Å². The third-order valence-electron chi connectivity index (χ3n) is 3.77. The minimum Gasteiger partial charge on any atom is -0.378 e. The lowest BCUT2D eigenvalue weighted by molar-refractivity contribution is 0.0273. The number of rotatable bonds is 6. The molecule has 1 aromatic rings. The predicted octanol–water partition coefficient (Wildman–Crippen LogP) is 4.09. The van der Waals surface area contributed by atoms with E-state index >= 15 is 0 Å². The molecule has 0 atom stereocenters. The van der Waals surface area contributed by atoms with Crippen molar-refractivity contribution in [2.75, 3.05) is 13.2 Å². The van der Waals surface area contributed by atoms with Crippen molar-refractivity contribution in [1.82, 2.24) is 5.32 Å². The summed E-state index contributed by atoms with van der Waals surface area (Å²) < 4.78 is 31.8. The lowest BCUT2D eigenvalue weighted by Crippen LogP contribution is -2.26. The van der Waals surface area contributed by atoms with E-state index in [-0.39, 0.29) is 10.6 Å². The fraction of sp³-hybridized carbons (Fsp3) is 0.562. The van der Waals surface area contributed by atoms with Crippen LogP contribution in [0.5, 0.6) is 0 Å². The Hall–Kier alpha value is -1.20. The van der Waals surface area contributed by atoms with Crippen LogP contribution >= 0.6 is 11.6 Å². The van der Waals surface area contributed by atoms with E-state index in [0.717, 1.165) is 25.0 Å². The zero-order valence-electron chi connectivity index (χ0n) is 12.3. The zero-order valence-corrected chi connectivity index (χ0v) is 13.1. The molecule has 2 rings (SSSR count). The molecule has 1 aliphatic rings. The number of carbonyl (C=O) groups excluding carboxylic acids is 1. The van der Waals surface area contributed by atoms with Gasteiger partial charge in [0.15, 0.2) is 11.6 Å². The molecule has 0 unspecified atom stereocenters. The third kappa shape index (κ3) is 4.92. The van der Waals surface area contributed by atoms with E-state index in [1.54, 1.807) is 0 Å². The topological polar surface area (TPSA) is 38.3 Å². The number of amides is 1. The van der Waals surface area contributed by atoms with E-state index in [1.807, 2.05) is 0 Å². The van der Waals surface area contributed by atoms with Gasteiger partial charge < -0.3 is 10.1 Å². The van der Waals surface area contributed by atoms with Gasteiger partial charge in [0.1, 0.15) is 0 Å². The Morgan fingerprint density at radius 1 is 1.23 bits per heavy atom. The summed E-state index contributed by atoms with van der Waals surface area (Å²) in [5.74, 6) is -2.67. The normalized spacial score (nSPS) is 15.8. The van der Waals surface area contributed by atoms with Crippen molar-refractivity contribution in [2.24, 2.45) is 0 Å². The maximum atomic E-state index is 13.1. The molecule has 0 radical (unpaired) electrons. The van der Waals surface area contributed by atoms with Crippen molar-refractivity contribution in [3.05, 3.63) is 34.4 Å². The van der Waals surface area contributed by atoms with Gasteiger partial charge in [-0.25, -0.2) is 8.78 Å². The van der Waals surface area contributed by atoms with Crippen LogP contribution in [0.1, 0.15) is 48.9 Å². The molecule has 3 nitrogen and oxygen atoms in total. The first-order chi connectivity index (χ1) is 10.6. The van der Waals surface area contributed by atoms with Crippen molar-refractivity contribution in [3.63, 3.8) is 0 Å². The fourth-order valence-electron chi connectivity index (χ4n) is 2.55. The van der Waals surface area contributed by atoms with Crippen LogP contribution in [0.25, 0.3) is 0 Å². The second-order valence-electron chi connectivity index (χ2n) is 5.49. The van der Waals surface area contributed by atoms with Crippen LogP contribution in [0.4, 0.5) is 8.78 Å². The van der Waals surface area contributed by atoms with Gasteiger partial charge in [-0.3, -0.25) is 4.79 Å². The van der Waals surface area contributed by atoms with Crippen LogP contribution in [0.2, 0.25) is 5.02 Å². The van der Waals surface area contributed by atoms with Crippen molar-refractivity contribution in [2.45, 2.75) is 44.6 Å². The Morgan fingerprint density at radius 2 is 1.91 bits per heavy atom. The predicted molar refractivity (Wildman–Crippen MR) is 81.1 cm³/mol. The largest absolute Gasteiger partial charge is 0.378 e. The number of benzene rings is 1. The van der Waals surface area contributed by atoms with Gasteiger partial charge in [0, 0.05) is 13.2 Å². The van der Waals surface area contributed by atoms with Crippen LogP contribution in [0.3, 0.4) is 0 Å². The summed E-state index contributed by atoms with van der Waals surface area (Å²) in [4.78, 5) is 11.9. The lowest BCUT2D eigenvalue weighted by Gasteiger charge is -2.21. The number of carbonyl (C=O) groups is 1. The van der Waals surface area contributed by atoms with Crippen LogP contribution < -0.4 is 5.32 Å². The van der Waals surface area contributed by atoms with Crippen molar-refractivity contribution in [3.8, 4) is 0 Å². The lowest BCUT2D eigenvalue weighted by atomic mass is 9.98.